The molecule has 0 aliphatic carbocycles. The summed E-state index contributed by atoms with van der Waals surface area (Å²) in [5.74, 6) is -1.94. The fourth-order valence-electron chi connectivity index (χ4n) is 2.15. The van der Waals surface area contributed by atoms with Crippen molar-refractivity contribution in [2.24, 2.45) is 0 Å². The highest BCUT2D eigenvalue weighted by molar-refractivity contribution is 5.93. The van der Waals surface area contributed by atoms with Crippen LogP contribution in [0.1, 0.15) is 46.0 Å². The van der Waals surface area contributed by atoms with Crippen LogP contribution in [0, 0.1) is 15.9 Å². The molecular weight excluding hydrogens is 357 g/mol. The van der Waals surface area contributed by atoms with E-state index in [9.17, 15) is 24.1 Å². The summed E-state index contributed by atoms with van der Waals surface area (Å²) in [6.07, 6.45) is 1.67. The van der Waals surface area contributed by atoms with Crippen LogP contribution < -0.4 is 0 Å². The summed E-state index contributed by atoms with van der Waals surface area (Å²) in [4.78, 5) is 33.9. The molecule has 2 aromatic carbocycles. The summed E-state index contributed by atoms with van der Waals surface area (Å²) in [6, 6.07) is 8.62. The van der Waals surface area contributed by atoms with Gasteiger partial charge < -0.3 is 9.47 Å². The minimum atomic E-state index is -0.744. The molecular formula is C19H18FNO6. The normalized spacial score (nSPS) is 10.3. The first kappa shape index (κ1) is 20.0. The van der Waals surface area contributed by atoms with E-state index in [0.717, 1.165) is 31.0 Å². The molecule has 27 heavy (non-hydrogen) atoms. The van der Waals surface area contributed by atoms with Gasteiger partial charge in [0.15, 0.2) is 0 Å². The molecule has 0 saturated carbocycles. The summed E-state index contributed by atoms with van der Waals surface area (Å²) in [5.41, 5.74) is 0.0559. The molecule has 2 aromatic rings. The molecule has 0 fully saturated rings. The smallest absolute Gasteiger partial charge is 0.338 e. The van der Waals surface area contributed by atoms with E-state index in [1.807, 2.05) is 6.92 Å². The van der Waals surface area contributed by atoms with Crippen LogP contribution in [0.2, 0.25) is 0 Å². The van der Waals surface area contributed by atoms with Gasteiger partial charge in [-0.1, -0.05) is 13.3 Å². The Kier molecular flexibility index (Phi) is 6.99. The average molecular weight is 375 g/mol. The second kappa shape index (κ2) is 9.42. The van der Waals surface area contributed by atoms with Crippen LogP contribution in [-0.2, 0) is 16.1 Å². The third kappa shape index (κ3) is 5.60. The molecule has 0 radical (unpaired) electrons. The molecule has 142 valence electrons. The summed E-state index contributed by atoms with van der Waals surface area (Å²) in [7, 11) is 0. The molecule has 0 atom stereocenters. The van der Waals surface area contributed by atoms with Crippen molar-refractivity contribution in [3.63, 3.8) is 0 Å². The Balaban J connectivity index is 1.97. The molecule has 0 aliphatic heterocycles. The lowest BCUT2D eigenvalue weighted by Crippen LogP contribution is -2.09. The first-order chi connectivity index (χ1) is 12.9. The lowest BCUT2D eigenvalue weighted by Gasteiger charge is -2.07. The van der Waals surface area contributed by atoms with Gasteiger partial charge in [-0.3, -0.25) is 10.1 Å². The number of carbonyl (C=O) groups excluding carboxylic acids is 2. The van der Waals surface area contributed by atoms with Crippen LogP contribution in [0.5, 0.6) is 0 Å². The Morgan fingerprint density at radius 2 is 1.63 bits per heavy atom. The molecule has 2 rings (SSSR count). The summed E-state index contributed by atoms with van der Waals surface area (Å²) < 4.78 is 23.7. The van der Waals surface area contributed by atoms with Gasteiger partial charge in [-0.25, -0.2) is 14.0 Å². The zero-order valence-corrected chi connectivity index (χ0v) is 14.6. The van der Waals surface area contributed by atoms with Crippen LogP contribution in [0.3, 0.4) is 0 Å². The first-order valence-corrected chi connectivity index (χ1v) is 8.29. The highest BCUT2D eigenvalue weighted by atomic mass is 19.1. The van der Waals surface area contributed by atoms with Gasteiger partial charge in [-0.2, -0.15) is 0 Å². The number of ether oxygens (including phenoxy) is 2. The van der Waals surface area contributed by atoms with E-state index in [1.165, 1.54) is 24.3 Å². The van der Waals surface area contributed by atoms with E-state index in [4.69, 9.17) is 9.47 Å². The SMILES string of the molecule is CCCCOC(=O)c1ccc(C(=O)OCc2cc([N+](=O)[O-])ccc2F)cc1. The average Bonchev–Trinajstić information content (AvgIpc) is 2.67. The highest BCUT2D eigenvalue weighted by Gasteiger charge is 2.14. The van der Waals surface area contributed by atoms with E-state index in [-0.39, 0.29) is 16.8 Å². The van der Waals surface area contributed by atoms with Crippen LogP contribution in [0.4, 0.5) is 10.1 Å². The number of nitrogens with zero attached hydrogens (tertiary/aromatic N) is 1. The molecule has 0 spiro atoms. The van der Waals surface area contributed by atoms with Gasteiger partial charge in [0, 0.05) is 17.7 Å². The Bertz CT molecular complexity index is 835. The number of carbonyl (C=O) groups is 2. The molecule has 0 saturated heterocycles. The number of nitro benzene ring substituents is 1. The Hall–Kier alpha value is -3.29. The van der Waals surface area contributed by atoms with E-state index in [2.05, 4.69) is 0 Å². The maximum Gasteiger partial charge on any atom is 0.338 e. The maximum absolute atomic E-state index is 13.7. The molecule has 0 amide bonds. The van der Waals surface area contributed by atoms with Crippen molar-refractivity contribution in [1.82, 2.24) is 0 Å². The topological polar surface area (TPSA) is 95.7 Å². The van der Waals surface area contributed by atoms with Gasteiger partial charge in [0.05, 0.1) is 22.7 Å². The van der Waals surface area contributed by atoms with Crippen molar-refractivity contribution in [3.8, 4) is 0 Å². The summed E-state index contributed by atoms with van der Waals surface area (Å²) in [6.45, 7) is 1.86. The van der Waals surface area contributed by atoms with E-state index in [1.54, 1.807) is 0 Å². The summed E-state index contributed by atoms with van der Waals surface area (Å²) in [5, 5.41) is 10.7. The number of hydrogen-bond donors (Lipinski definition) is 0. The van der Waals surface area contributed by atoms with Gasteiger partial charge in [0.25, 0.3) is 5.69 Å². The Morgan fingerprint density at radius 1 is 1.04 bits per heavy atom. The van der Waals surface area contributed by atoms with E-state index < -0.39 is 29.3 Å². The lowest BCUT2D eigenvalue weighted by atomic mass is 10.1. The standard InChI is InChI=1S/C19H18FNO6/c1-2-3-10-26-18(22)13-4-6-14(7-5-13)19(23)27-12-15-11-16(21(24)25)8-9-17(15)20/h4-9,11H,2-3,10,12H2,1H3. The molecule has 0 N–H and O–H groups in total. The van der Waals surface area contributed by atoms with E-state index in [0.29, 0.717) is 12.2 Å². The zero-order valence-electron chi connectivity index (χ0n) is 14.6. The van der Waals surface area contributed by atoms with E-state index >= 15 is 0 Å². The minimum absolute atomic E-state index is 0.103. The van der Waals surface area contributed by atoms with Crippen LogP contribution in [0.25, 0.3) is 0 Å². The number of hydrogen-bond acceptors (Lipinski definition) is 6. The quantitative estimate of drug-likeness (QED) is 0.299. The van der Waals surface area contributed by atoms with Gasteiger partial charge in [-0.05, 0) is 36.8 Å². The Morgan fingerprint density at radius 3 is 2.19 bits per heavy atom. The zero-order chi connectivity index (χ0) is 19.8. The maximum atomic E-state index is 13.7. The number of unbranched alkanes of at least 4 members (excludes halogenated alkanes) is 1. The fraction of sp³-hybridized carbons (Fsp3) is 0.263. The molecule has 0 unspecified atom stereocenters. The fourth-order valence-corrected chi connectivity index (χ4v) is 2.15. The van der Waals surface area contributed by atoms with Crippen molar-refractivity contribution in [3.05, 3.63) is 75.1 Å². The van der Waals surface area contributed by atoms with Gasteiger partial charge in [0.2, 0.25) is 0 Å². The molecule has 0 heterocycles. The molecule has 8 heteroatoms. The summed E-state index contributed by atoms with van der Waals surface area (Å²) >= 11 is 0. The second-order valence-corrected chi connectivity index (χ2v) is 5.68. The number of esters is 2. The second-order valence-electron chi connectivity index (χ2n) is 5.68. The predicted molar refractivity (Wildman–Crippen MR) is 93.8 cm³/mol. The first-order valence-electron chi connectivity index (χ1n) is 8.29. The van der Waals surface area contributed by atoms with Crippen molar-refractivity contribution >= 4 is 17.6 Å². The number of benzene rings is 2. The molecule has 0 aliphatic rings. The van der Waals surface area contributed by atoms with Crippen molar-refractivity contribution in [1.29, 1.82) is 0 Å². The number of rotatable bonds is 8. The molecule has 0 bridgehead atoms. The largest absolute Gasteiger partial charge is 0.462 e. The number of nitro groups is 1. The Labute approximate surface area is 154 Å². The monoisotopic (exact) mass is 375 g/mol. The van der Waals surface area contributed by atoms with Crippen molar-refractivity contribution < 1.29 is 28.4 Å². The van der Waals surface area contributed by atoms with Crippen molar-refractivity contribution in [2.75, 3.05) is 6.61 Å². The van der Waals surface area contributed by atoms with Crippen LogP contribution in [0.15, 0.2) is 42.5 Å². The third-order valence-electron chi connectivity index (χ3n) is 3.69. The number of halogens is 1. The predicted octanol–water partition coefficient (Wildman–Crippen LogP) is 4.05. The van der Waals surface area contributed by atoms with Gasteiger partial charge in [0.1, 0.15) is 12.4 Å². The highest BCUT2D eigenvalue weighted by Crippen LogP contribution is 2.18. The molecule has 0 aromatic heterocycles. The number of non-ortho nitro benzene ring substituents is 1. The van der Waals surface area contributed by atoms with Gasteiger partial charge in [-0.15, -0.1) is 0 Å². The minimum Gasteiger partial charge on any atom is -0.462 e. The van der Waals surface area contributed by atoms with Crippen LogP contribution in [-0.4, -0.2) is 23.5 Å². The van der Waals surface area contributed by atoms with Gasteiger partial charge >= 0.3 is 11.9 Å². The van der Waals surface area contributed by atoms with Crippen molar-refractivity contribution in [2.45, 2.75) is 26.4 Å². The lowest BCUT2D eigenvalue weighted by molar-refractivity contribution is -0.385. The third-order valence-corrected chi connectivity index (χ3v) is 3.69. The molecule has 7 nitrogen and oxygen atoms in total. The van der Waals surface area contributed by atoms with Crippen LogP contribution >= 0.6 is 0 Å².